The van der Waals surface area contributed by atoms with Crippen molar-refractivity contribution in [3.8, 4) is 11.6 Å². The molecule has 0 aliphatic rings. The number of aromatic nitrogens is 3. The van der Waals surface area contributed by atoms with Crippen LogP contribution in [0.15, 0.2) is 146 Å². The van der Waals surface area contributed by atoms with E-state index in [1.54, 1.807) is 0 Å². The summed E-state index contributed by atoms with van der Waals surface area (Å²) in [5, 5.41) is 11.2. The maximum absolute atomic E-state index is 5.41. The molecule has 7 aromatic carbocycles. The van der Waals surface area contributed by atoms with Crippen LogP contribution >= 0.6 is 11.3 Å². The van der Waals surface area contributed by atoms with E-state index in [0.717, 1.165) is 33.6 Å². The van der Waals surface area contributed by atoms with Crippen molar-refractivity contribution in [2.75, 3.05) is 0 Å². The molecule has 44 heavy (non-hydrogen) atoms. The second-order valence-corrected chi connectivity index (χ2v) is 12.5. The third-order valence-electron chi connectivity index (χ3n) is 9.03. The zero-order chi connectivity index (χ0) is 28.8. The van der Waals surface area contributed by atoms with Gasteiger partial charge in [0.05, 0.1) is 6.20 Å². The maximum Gasteiger partial charge on any atom is 0.409 e. The van der Waals surface area contributed by atoms with Crippen LogP contribution in [0.3, 0.4) is 0 Å². The maximum atomic E-state index is 5.41. The summed E-state index contributed by atoms with van der Waals surface area (Å²) in [6.45, 7) is 0. The summed E-state index contributed by atoms with van der Waals surface area (Å²) >= 11 is 1.85. The first-order valence-electron chi connectivity index (χ1n) is 14.9. The molecule has 0 amide bonds. The standard InChI is InChI=1S/C40H24N3S/c1-4-12-29-25(9-1)17-20-34-38(29)39-30-13-5-2-10-26(30)18-21-35(39)43(34)40-41-33-15-7-3-11-27(33)24-42(40)28-19-22-37-32(23-28)31-14-6-8-16-36(31)44-37/h1-24H/q+1. The third kappa shape index (κ3) is 3.31. The Morgan fingerprint density at radius 3 is 1.82 bits per heavy atom. The summed E-state index contributed by atoms with van der Waals surface area (Å²) < 4.78 is 7.24. The van der Waals surface area contributed by atoms with Crippen LogP contribution in [-0.4, -0.2) is 9.55 Å². The van der Waals surface area contributed by atoms with Crippen LogP contribution in [0.2, 0.25) is 0 Å². The molecule has 0 N–H and O–H groups in total. The summed E-state index contributed by atoms with van der Waals surface area (Å²) in [6.07, 6.45) is 2.24. The molecule has 0 bridgehead atoms. The Morgan fingerprint density at radius 1 is 0.500 bits per heavy atom. The normalized spacial score (nSPS) is 12.1. The van der Waals surface area contributed by atoms with Crippen LogP contribution in [-0.2, 0) is 0 Å². The number of hydrogen-bond acceptors (Lipinski definition) is 2. The van der Waals surface area contributed by atoms with Crippen LogP contribution in [0.25, 0.3) is 86.1 Å². The third-order valence-corrected chi connectivity index (χ3v) is 10.2. The van der Waals surface area contributed by atoms with Crippen molar-refractivity contribution in [3.63, 3.8) is 0 Å². The average Bonchev–Trinajstić information content (AvgIpc) is 3.63. The second kappa shape index (κ2) is 8.96. The fourth-order valence-electron chi connectivity index (χ4n) is 7.03. The van der Waals surface area contributed by atoms with Gasteiger partial charge in [0, 0.05) is 36.3 Å². The lowest BCUT2D eigenvalue weighted by molar-refractivity contribution is -0.591. The lowest BCUT2D eigenvalue weighted by Crippen LogP contribution is -2.37. The van der Waals surface area contributed by atoms with Crippen LogP contribution in [0, 0.1) is 0 Å². The first-order chi connectivity index (χ1) is 21.8. The Labute approximate surface area is 256 Å². The Hall–Kier alpha value is -5.58. The molecule has 0 spiro atoms. The number of benzene rings is 7. The molecule has 3 heterocycles. The van der Waals surface area contributed by atoms with Crippen LogP contribution in [0.4, 0.5) is 0 Å². The van der Waals surface area contributed by atoms with Crippen molar-refractivity contribution in [1.29, 1.82) is 0 Å². The summed E-state index contributed by atoms with van der Waals surface area (Å²) in [4.78, 5) is 5.41. The van der Waals surface area contributed by atoms with E-state index in [1.807, 2.05) is 11.3 Å². The van der Waals surface area contributed by atoms with Gasteiger partial charge in [-0.15, -0.1) is 11.3 Å². The topological polar surface area (TPSA) is 21.7 Å². The molecule has 0 aliphatic carbocycles. The zero-order valence-electron chi connectivity index (χ0n) is 23.6. The number of fused-ring (bicyclic) bond motifs is 11. The molecule has 204 valence electrons. The van der Waals surface area contributed by atoms with Gasteiger partial charge in [-0.05, 0) is 70.1 Å². The molecule has 0 saturated heterocycles. The van der Waals surface area contributed by atoms with Crippen LogP contribution < -0.4 is 4.57 Å². The summed E-state index contributed by atoms with van der Waals surface area (Å²) in [5.74, 6) is 0.869. The lowest BCUT2D eigenvalue weighted by atomic mass is 10.00. The first-order valence-corrected chi connectivity index (χ1v) is 15.7. The molecule has 0 aliphatic heterocycles. The largest absolute Gasteiger partial charge is 0.409 e. The van der Waals surface area contributed by atoms with Crippen LogP contribution in [0.5, 0.6) is 0 Å². The SMILES string of the molecule is c1ccc2nc(-n3c4ccc5ccccc5c4c4c5ccccc5ccc43)[n+](-c3ccc4sc5ccccc5c4c3)cc2c1. The molecule has 10 aromatic rings. The van der Waals surface area contributed by atoms with Gasteiger partial charge in [-0.1, -0.05) is 96.0 Å². The van der Waals surface area contributed by atoms with E-state index in [4.69, 9.17) is 4.98 Å². The van der Waals surface area contributed by atoms with E-state index < -0.39 is 0 Å². The van der Waals surface area contributed by atoms with Gasteiger partial charge in [0.25, 0.3) is 0 Å². The molecule has 4 heteroatoms. The molecular weight excluding hydrogens is 555 g/mol. The van der Waals surface area contributed by atoms with Gasteiger partial charge in [0.1, 0.15) is 16.7 Å². The molecule has 0 fully saturated rings. The minimum absolute atomic E-state index is 0.869. The van der Waals surface area contributed by atoms with Crippen molar-refractivity contribution in [3.05, 3.63) is 146 Å². The Balaban J connectivity index is 1.38. The van der Waals surface area contributed by atoms with E-state index in [0.29, 0.717) is 0 Å². The van der Waals surface area contributed by atoms with E-state index >= 15 is 0 Å². The highest BCUT2D eigenvalue weighted by atomic mass is 32.1. The fourth-order valence-corrected chi connectivity index (χ4v) is 8.12. The Kier molecular flexibility index (Phi) is 4.87. The number of hydrogen-bond donors (Lipinski definition) is 0. The molecule has 0 saturated carbocycles. The predicted molar refractivity (Wildman–Crippen MR) is 186 cm³/mol. The van der Waals surface area contributed by atoms with Gasteiger partial charge in [-0.25, -0.2) is 4.57 Å². The minimum atomic E-state index is 0.869. The number of thiophene rings is 1. The monoisotopic (exact) mass is 578 g/mol. The summed E-state index contributed by atoms with van der Waals surface area (Å²) in [6, 6.07) is 50.4. The zero-order valence-corrected chi connectivity index (χ0v) is 24.4. The van der Waals surface area contributed by atoms with Gasteiger partial charge >= 0.3 is 5.95 Å². The van der Waals surface area contributed by atoms with Crippen molar-refractivity contribution in [1.82, 2.24) is 9.55 Å². The summed E-state index contributed by atoms with van der Waals surface area (Å²) in [5.41, 5.74) is 4.35. The van der Waals surface area contributed by atoms with Gasteiger partial charge in [0.2, 0.25) is 0 Å². The highest BCUT2D eigenvalue weighted by molar-refractivity contribution is 7.25. The smallest absolute Gasteiger partial charge is 0.201 e. The Bertz CT molecular complexity index is 2690. The number of para-hydroxylation sites is 1. The predicted octanol–water partition coefficient (Wildman–Crippen LogP) is 10.3. The van der Waals surface area contributed by atoms with E-state index in [2.05, 4.69) is 155 Å². The van der Waals surface area contributed by atoms with Crippen molar-refractivity contribution >= 4 is 85.8 Å². The molecule has 0 unspecified atom stereocenters. The van der Waals surface area contributed by atoms with E-state index in [-0.39, 0.29) is 0 Å². The molecular formula is C40H24N3S+. The molecule has 3 aromatic heterocycles. The van der Waals surface area contributed by atoms with Crippen molar-refractivity contribution < 1.29 is 4.57 Å². The molecule has 0 radical (unpaired) electrons. The molecule has 3 nitrogen and oxygen atoms in total. The van der Waals surface area contributed by atoms with E-state index in [1.165, 1.54) is 52.5 Å². The minimum Gasteiger partial charge on any atom is -0.201 e. The first kappa shape index (κ1) is 23.9. The Morgan fingerprint density at radius 2 is 1.09 bits per heavy atom. The van der Waals surface area contributed by atoms with Crippen LogP contribution in [0.1, 0.15) is 0 Å². The highest BCUT2D eigenvalue weighted by Gasteiger charge is 2.27. The molecule has 0 atom stereocenters. The molecule has 10 rings (SSSR count). The lowest BCUT2D eigenvalue weighted by Gasteiger charge is -2.09. The highest BCUT2D eigenvalue weighted by Crippen LogP contribution is 2.40. The van der Waals surface area contributed by atoms with Gasteiger partial charge < -0.3 is 0 Å². The number of rotatable bonds is 2. The average molecular weight is 579 g/mol. The van der Waals surface area contributed by atoms with Gasteiger partial charge in [-0.3, -0.25) is 0 Å². The second-order valence-electron chi connectivity index (χ2n) is 11.4. The quantitative estimate of drug-likeness (QED) is 0.187. The van der Waals surface area contributed by atoms with Crippen molar-refractivity contribution in [2.24, 2.45) is 0 Å². The van der Waals surface area contributed by atoms with Gasteiger partial charge in [0.15, 0.2) is 5.52 Å². The number of nitrogens with zero attached hydrogens (tertiary/aromatic N) is 3. The van der Waals surface area contributed by atoms with Gasteiger partial charge in [-0.2, -0.15) is 4.57 Å². The fraction of sp³-hybridized carbons (Fsp3) is 0. The van der Waals surface area contributed by atoms with Crippen molar-refractivity contribution in [2.45, 2.75) is 0 Å². The summed E-state index contributed by atoms with van der Waals surface area (Å²) in [7, 11) is 0. The van der Waals surface area contributed by atoms with E-state index in [9.17, 15) is 0 Å².